The number of aliphatic hydroxyl groups excluding tert-OH is 1. The molecule has 8 nitrogen and oxygen atoms in total. The lowest BCUT2D eigenvalue weighted by atomic mass is 10.1. The standard InChI is InChI=1S/C17H17ClN4O4S/c18-14-4-2-1-3-11(14)8-16(24)21-13-7-12-10-20-22(5-6-23)17(12)15(9-13)27(19,25)26/h1-4,7,9-10,23H,5-6,8H2,(H,21,24)(H2,19,25,26). The van der Waals surface area contributed by atoms with E-state index in [1.807, 2.05) is 0 Å². The maximum atomic E-state index is 12.3. The van der Waals surface area contributed by atoms with Crippen molar-refractivity contribution in [1.29, 1.82) is 0 Å². The monoisotopic (exact) mass is 408 g/mol. The molecule has 0 saturated heterocycles. The Morgan fingerprint density at radius 1 is 1.30 bits per heavy atom. The first-order valence-corrected chi connectivity index (χ1v) is 9.88. The van der Waals surface area contributed by atoms with Crippen molar-refractivity contribution >= 4 is 44.1 Å². The van der Waals surface area contributed by atoms with E-state index in [0.29, 0.717) is 16.0 Å². The third kappa shape index (κ3) is 4.28. The van der Waals surface area contributed by atoms with E-state index in [2.05, 4.69) is 10.4 Å². The van der Waals surface area contributed by atoms with Crippen LogP contribution < -0.4 is 10.5 Å². The second-order valence-corrected chi connectivity index (χ2v) is 7.80. The van der Waals surface area contributed by atoms with Crippen molar-refractivity contribution < 1.29 is 18.3 Å². The fraction of sp³-hybridized carbons (Fsp3) is 0.176. The van der Waals surface area contributed by atoms with Gasteiger partial charge in [-0.1, -0.05) is 29.8 Å². The summed E-state index contributed by atoms with van der Waals surface area (Å²) < 4.78 is 25.4. The van der Waals surface area contributed by atoms with Gasteiger partial charge < -0.3 is 10.4 Å². The van der Waals surface area contributed by atoms with Crippen molar-refractivity contribution in [3.63, 3.8) is 0 Å². The van der Waals surface area contributed by atoms with E-state index in [1.54, 1.807) is 30.3 Å². The molecular weight excluding hydrogens is 392 g/mol. The molecule has 0 saturated carbocycles. The molecule has 3 aromatic rings. The lowest BCUT2D eigenvalue weighted by Gasteiger charge is -2.10. The zero-order valence-corrected chi connectivity index (χ0v) is 15.7. The Balaban J connectivity index is 1.96. The summed E-state index contributed by atoms with van der Waals surface area (Å²) in [7, 11) is -4.08. The van der Waals surface area contributed by atoms with Crippen LogP contribution in [0.2, 0.25) is 5.02 Å². The number of hydrogen-bond donors (Lipinski definition) is 3. The molecule has 0 aliphatic carbocycles. The number of anilines is 1. The molecular formula is C17H17ClN4O4S. The summed E-state index contributed by atoms with van der Waals surface area (Å²) in [6.07, 6.45) is 1.48. The first-order valence-electron chi connectivity index (χ1n) is 7.96. The van der Waals surface area contributed by atoms with Crippen LogP contribution in [0.25, 0.3) is 10.9 Å². The van der Waals surface area contributed by atoms with Gasteiger partial charge in [-0.3, -0.25) is 9.48 Å². The molecule has 0 aliphatic rings. The maximum absolute atomic E-state index is 12.3. The Kier molecular flexibility index (Phi) is 5.47. The fourth-order valence-corrected chi connectivity index (χ4v) is 3.75. The van der Waals surface area contributed by atoms with Crippen LogP contribution in [0.15, 0.2) is 47.5 Å². The first-order chi connectivity index (χ1) is 12.8. The highest BCUT2D eigenvalue weighted by Crippen LogP contribution is 2.27. The van der Waals surface area contributed by atoms with Crippen LogP contribution in [0, 0.1) is 0 Å². The van der Waals surface area contributed by atoms with Gasteiger partial charge in [-0.05, 0) is 23.8 Å². The highest BCUT2D eigenvalue weighted by molar-refractivity contribution is 7.89. The van der Waals surface area contributed by atoms with E-state index >= 15 is 0 Å². The molecule has 1 aromatic heterocycles. The van der Waals surface area contributed by atoms with Crippen LogP contribution in [-0.4, -0.2) is 35.8 Å². The van der Waals surface area contributed by atoms with Gasteiger partial charge in [0.25, 0.3) is 0 Å². The lowest BCUT2D eigenvalue weighted by molar-refractivity contribution is -0.115. The number of aliphatic hydroxyl groups is 1. The molecule has 0 spiro atoms. The summed E-state index contributed by atoms with van der Waals surface area (Å²) in [6, 6.07) is 9.83. The summed E-state index contributed by atoms with van der Waals surface area (Å²) in [5.74, 6) is -0.356. The third-order valence-electron chi connectivity index (χ3n) is 3.91. The third-order valence-corrected chi connectivity index (χ3v) is 5.20. The van der Waals surface area contributed by atoms with E-state index < -0.39 is 10.0 Å². The van der Waals surface area contributed by atoms with Gasteiger partial charge in [-0.25, -0.2) is 13.6 Å². The summed E-state index contributed by atoms with van der Waals surface area (Å²) in [4.78, 5) is 12.2. The summed E-state index contributed by atoms with van der Waals surface area (Å²) >= 11 is 6.06. The molecule has 3 rings (SSSR count). The number of fused-ring (bicyclic) bond motifs is 1. The Morgan fingerprint density at radius 2 is 2.04 bits per heavy atom. The van der Waals surface area contributed by atoms with Crippen molar-refractivity contribution in [2.45, 2.75) is 17.9 Å². The molecule has 10 heteroatoms. The predicted molar refractivity (Wildman–Crippen MR) is 102 cm³/mol. The number of primary sulfonamides is 1. The van der Waals surface area contributed by atoms with E-state index in [1.165, 1.54) is 16.9 Å². The van der Waals surface area contributed by atoms with Gasteiger partial charge in [-0.2, -0.15) is 5.10 Å². The van der Waals surface area contributed by atoms with Gasteiger partial charge in [0.15, 0.2) is 0 Å². The minimum atomic E-state index is -4.08. The number of nitrogens with zero attached hydrogens (tertiary/aromatic N) is 2. The van der Waals surface area contributed by atoms with Crippen molar-refractivity contribution in [3.8, 4) is 0 Å². The highest BCUT2D eigenvalue weighted by atomic mass is 35.5. The number of nitrogens with two attached hydrogens (primary N) is 1. The van der Waals surface area contributed by atoms with E-state index in [9.17, 15) is 13.2 Å². The van der Waals surface area contributed by atoms with Gasteiger partial charge in [-0.15, -0.1) is 0 Å². The van der Waals surface area contributed by atoms with Crippen LogP contribution in [0.3, 0.4) is 0 Å². The number of benzene rings is 2. The molecule has 0 aliphatic heterocycles. The van der Waals surface area contributed by atoms with Crippen LogP contribution >= 0.6 is 11.6 Å². The number of sulfonamides is 1. The van der Waals surface area contributed by atoms with Crippen LogP contribution in [-0.2, 0) is 27.8 Å². The van der Waals surface area contributed by atoms with Gasteiger partial charge in [0.2, 0.25) is 15.9 Å². The van der Waals surface area contributed by atoms with Crippen molar-refractivity contribution in [3.05, 3.63) is 53.2 Å². The first kappa shape index (κ1) is 19.3. The zero-order chi connectivity index (χ0) is 19.6. The zero-order valence-electron chi connectivity index (χ0n) is 14.1. The maximum Gasteiger partial charge on any atom is 0.240 e. The van der Waals surface area contributed by atoms with Crippen LogP contribution in [0.5, 0.6) is 0 Å². The van der Waals surface area contributed by atoms with Gasteiger partial charge in [0, 0.05) is 16.1 Å². The second kappa shape index (κ2) is 7.65. The average Bonchev–Trinajstić information content (AvgIpc) is 2.98. The number of carbonyl (C=O) groups is 1. The van der Waals surface area contributed by atoms with Crippen molar-refractivity contribution in [2.24, 2.45) is 5.14 Å². The molecule has 1 amide bonds. The summed E-state index contributed by atoms with van der Waals surface area (Å²) in [5, 5.41) is 22.1. The number of carbonyl (C=O) groups excluding carboxylic acids is 1. The number of halogens is 1. The Morgan fingerprint density at radius 3 is 2.70 bits per heavy atom. The lowest BCUT2D eigenvalue weighted by Crippen LogP contribution is -2.18. The number of hydrogen-bond acceptors (Lipinski definition) is 5. The Hall–Kier alpha value is -2.46. The van der Waals surface area contributed by atoms with Crippen LogP contribution in [0.1, 0.15) is 5.56 Å². The van der Waals surface area contributed by atoms with Crippen LogP contribution in [0.4, 0.5) is 5.69 Å². The molecule has 0 atom stereocenters. The predicted octanol–water partition coefficient (Wildman–Crippen LogP) is 1.51. The van der Waals surface area contributed by atoms with Gasteiger partial charge in [0.1, 0.15) is 4.90 Å². The molecule has 1 heterocycles. The average molecular weight is 409 g/mol. The molecule has 27 heavy (non-hydrogen) atoms. The minimum Gasteiger partial charge on any atom is -0.394 e. The molecule has 0 fully saturated rings. The Labute approximate surface area is 160 Å². The highest BCUT2D eigenvalue weighted by Gasteiger charge is 2.19. The smallest absolute Gasteiger partial charge is 0.240 e. The molecule has 2 aromatic carbocycles. The van der Waals surface area contributed by atoms with E-state index in [-0.39, 0.29) is 41.6 Å². The van der Waals surface area contributed by atoms with E-state index in [4.69, 9.17) is 21.8 Å². The molecule has 142 valence electrons. The van der Waals surface area contributed by atoms with Gasteiger partial charge in [0.05, 0.1) is 31.3 Å². The number of rotatable bonds is 6. The number of amides is 1. The minimum absolute atomic E-state index is 0.0339. The molecule has 0 unspecified atom stereocenters. The van der Waals surface area contributed by atoms with Crippen molar-refractivity contribution in [1.82, 2.24) is 9.78 Å². The normalized spacial score (nSPS) is 11.7. The number of aromatic nitrogens is 2. The largest absolute Gasteiger partial charge is 0.394 e. The van der Waals surface area contributed by atoms with Crippen molar-refractivity contribution in [2.75, 3.05) is 11.9 Å². The molecule has 4 N–H and O–H groups in total. The summed E-state index contributed by atoms with van der Waals surface area (Å²) in [6.45, 7) is -0.0958. The number of nitrogens with one attached hydrogen (secondary N) is 1. The van der Waals surface area contributed by atoms with E-state index in [0.717, 1.165) is 0 Å². The second-order valence-electron chi connectivity index (χ2n) is 5.86. The SMILES string of the molecule is NS(=O)(=O)c1cc(NC(=O)Cc2ccccc2Cl)cc2cnn(CCO)c12. The topological polar surface area (TPSA) is 127 Å². The van der Waals surface area contributed by atoms with Gasteiger partial charge >= 0.3 is 0 Å². The Bertz CT molecular complexity index is 1110. The molecule has 0 radical (unpaired) electrons. The molecule has 0 bridgehead atoms. The quantitative estimate of drug-likeness (QED) is 0.569. The summed E-state index contributed by atoms with van der Waals surface area (Å²) in [5.41, 5.74) is 1.20. The fourth-order valence-electron chi connectivity index (χ4n) is 2.77.